The van der Waals surface area contributed by atoms with E-state index in [1.165, 1.54) is 6.26 Å². The molecule has 0 spiro atoms. The Morgan fingerprint density at radius 1 is 1.50 bits per heavy atom. The van der Waals surface area contributed by atoms with Gasteiger partial charge in [-0.3, -0.25) is 0 Å². The van der Waals surface area contributed by atoms with E-state index in [-0.39, 0.29) is 0 Å². The molecule has 1 heterocycles. The molecule has 0 aliphatic rings. The van der Waals surface area contributed by atoms with Gasteiger partial charge in [-0.2, -0.15) is 0 Å². The number of nitrogens with zero attached hydrogens (tertiary/aromatic N) is 1. The summed E-state index contributed by atoms with van der Waals surface area (Å²) in [5.41, 5.74) is 1.94. The molecule has 14 heavy (non-hydrogen) atoms. The molecule has 0 saturated carbocycles. The van der Waals surface area contributed by atoms with E-state index in [1.54, 1.807) is 7.11 Å². The van der Waals surface area contributed by atoms with Crippen LogP contribution in [0.15, 0.2) is 35.1 Å². The molecule has 0 amide bonds. The van der Waals surface area contributed by atoms with Crippen LogP contribution < -0.4 is 4.74 Å². The van der Waals surface area contributed by atoms with Crippen molar-refractivity contribution in [2.24, 2.45) is 0 Å². The molecule has 0 fully saturated rings. The van der Waals surface area contributed by atoms with Crippen LogP contribution >= 0.6 is 0 Å². The topological polar surface area (TPSA) is 35.3 Å². The third-order valence-electron chi connectivity index (χ3n) is 1.95. The van der Waals surface area contributed by atoms with E-state index in [4.69, 9.17) is 9.26 Å². The van der Waals surface area contributed by atoms with Crippen molar-refractivity contribution in [1.82, 2.24) is 5.16 Å². The van der Waals surface area contributed by atoms with E-state index in [9.17, 15) is 0 Å². The van der Waals surface area contributed by atoms with Gasteiger partial charge in [-0.25, -0.2) is 0 Å². The average Bonchev–Trinajstić information content (AvgIpc) is 2.71. The molecular weight excluding hydrogens is 178 g/mol. The van der Waals surface area contributed by atoms with Gasteiger partial charge in [0.1, 0.15) is 12.0 Å². The molecule has 1 aromatic heterocycles. The van der Waals surface area contributed by atoms with Crippen molar-refractivity contribution < 1.29 is 9.26 Å². The fourth-order valence-electron chi connectivity index (χ4n) is 1.27. The van der Waals surface area contributed by atoms with E-state index in [0.717, 1.165) is 17.0 Å². The van der Waals surface area contributed by atoms with E-state index in [2.05, 4.69) is 11.2 Å². The van der Waals surface area contributed by atoms with Crippen LogP contribution in [0.1, 0.15) is 11.3 Å². The van der Waals surface area contributed by atoms with Crippen molar-refractivity contribution in [3.05, 3.63) is 47.9 Å². The lowest BCUT2D eigenvalue weighted by atomic mass is 10.1. The number of hydrogen-bond acceptors (Lipinski definition) is 3. The molecule has 71 valence electrons. The van der Waals surface area contributed by atoms with Gasteiger partial charge >= 0.3 is 0 Å². The highest BCUT2D eigenvalue weighted by Crippen LogP contribution is 2.14. The second kappa shape index (κ2) is 3.96. The summed E-state index contributed by atoms with van der Waals surface area (Å²) < 4.78 is 9.83. The highest BCUT2D eigenvalue weighted by atomic mass is 16.5. The maximum atomic E-state index is 5.12. The summed E-state index contributed by atoms with van der Waals surface area (Å²) in [6.07, 6.45) is 2.17. The normalized spacial score (nSPS) is 10.1. The Hall–Kier alpha value is -1.77. The molecule has 1 aromatic carbocycles. The van der Waals surface area contributed by atoms with E-state index >= 15 is 0 Å². The number of ether oxygens (including phenoxy) is 1. The number of benzene rings is 1. The Balaban J connectivity index is 2.17. The number of methoxy groups -OCH3 is 1. The van der Waals surface area contributed by atoms with Crippen LogP contribution in [0.3, 0.4) is 0 Å². The maximum Gasteiger partial charge on any atom is 0.132 e. The second-order valence-corrected chi connectivity index (χ2v) is 2.93. The van der Waals surface area contributed by atoms with Crippen LogP contribution in [0.25, 0.3) is 0 Å². The number of rotatable bonds is 3. The first kappa shape index (κ1) is 8.81. The van der Waals surface area contributed by atoms with Crippen molar-refractivity contribution >= 4 is 0 Å². The SMILES string of the molecule is COc1cccc(Cc2[c]con2)c1. The predicted molar refractivity (Wildman–Crippen MR) is 51.1 cm³/mol. The molecule has 0 atom stereocenters. The smallest absolute Gasteiger partial charge is 0.132 e. The summed E-state index contributed by atoms with van der Waals surface area (Å²) in [6, 6.07) is 10.8. The van der Waals surface area contributed by atoms with Crippen molar-refractivity contribution in [3.8, 4) is 5.75 Å². The van der Waals surface area contributed by atoms with Crippen molar-refractivity contribution in [2.45, 2.75) is 6.42 Å². The lowest BCUT2D eigenvalue weighted by Crippen LogP contribution is -1.89. The third-order valence-corrected chi connectivity index (χ3v) is 1.95. The minimum atomic E-state index is 0.716. The molecule has 3 heteroatoms. The molecule has 0 aliphatic heterocycles. The number of aromatic nitrogens is 1. The third kappa shape index (κ3) is 1.93. The van der Waals surface area contributed by atoms with Crippen LogP contribution in [0.4, 0.5) is 0 Å². The van der Waals surface area contributed by atoms with Gasteiger partial charge < -0.3 is 9.26 Å². The van der Waals surface area contributed by atoms with E-state index < -0.39 is 0 Å². The zero-order chi connectivity index (χ0) is 9.80. The van der Waals surface area contributed by atoms with Crippen LogP contribution in [0.2, 0.25) is 0 Å². The lowest BCUT2D eigenvalue weighted by molar-refractivity contribution is 0.411. The van der Waals surface area contributed by atoms with Crippen LogP contribution in [0.5, 0.6) is 5.75 Å². The Morgan fingerprint density at radius 2 is 2.43 bits per heavy atom. The Morgan fingerprint density at radius 3 is 3.14 bits per heavy atom. The Labute approximate surface area is 82.3 Å². The average molecular weight is 188 g/mol. The summed E-state index contributed by atoms with van der Waals surface area (Å²) in [7, 11) is 1.65. The Bertz CT molecular complexity index is 395. The van der Waals surface area contributed by atoms with E-state index in [0.29, 0.717) is 6.42 Å². The van der Waals surface area contributed by atoms with Gasteiger partial charge in [0, 0.05) is 6.42 Å². The first-order valence-corrected chi connectivity index (χ1v) is 4.32. The largest absolute Gasteiger partial charge is 0.497 e. The molecule has 0 saturated heterocycles. The van der Waals surface area contributed by atoms with Gasteiger partial charge in [0.2, 0.25) is 0 Å². The Kier molecular flexibility index (Phi) is 2.49. The number of hydrogen-bond donors (Lipinski definition) is 0. The lowest BCUT2D eigenvalue weighted by Gasteiger charge is -2.01. The zero-order valence-corrected chi connectivity index (χ0v) is 7.86. The fraction of sp³-hybridized carbons (Fsp3) is 0.182. The highest BCUT2D eigenvalue weighted by Gasteiger charge is 2.00. The summed E-state index contributed by atoms with van der Waals surface area (Å²) in [5.74, 6) is 0.853. The van der Waals surface area contributed by atoms with Crippen molar-refractivity contribution in [2.75, 3.05) is 7.11 Å². The molecule has 2 rings (SSSR count). The minimum absolute atomic E-state index is 0.716. The molecule has 0 N–H and O–H groups in total. The molecular formula is C11H10NO2. The summed E-state index contributed by atoms with van der Waals surface area (Å²) >= 11 is 0. The van der Waals surface area contributed by atoms with Gasteiger partial charge in [-0.1, -0.05) is 17.3 Å². The fourth-order valence-corrected chi connectivity index (χ4v) is 1.27. The quantitative estimate of drug-likeness (QED) is 0.739. The molecule has 2 aromatic rings. The minimum Gasteiger partial charge on any atom is -0.497 e. The summed E-state index contributed by atoms with van der Waals surface area (Å²) in [4.78, 5) is 0. The maximum absolute atomic E-state index is 5.12. The second-order valence-electron chi connectivity index (χ2n) is 2.93. The first-order valence-electron chi connectivity index (χ1n) is 4.32. The van der Waals surface area contributed by atoms with Gasteiger partial charge in [0.25, 0.3) is 0 Å². The van der Waals surface area contributed by atoms with Crippen molar-refractivity contribution in [1.29, 1.82) is 0 Å². The van der Waals surface area contributed by atoms with Gasteiger partial charge in [-0.15, -0.1) is 0 Å². The molecule has 0 unspecified atom stereocenters. The van der Waals surface area contributed by atoms with Gasteiger partial charge in [0.05, 0.1) is 18.9 Å². The van der Waals surface area contributed by atoms with Crippen LogP contribution in [-0.4, -0.2) is 12.3 Å². The van der Waals surface area contributed by atoms with E-state index in [1.807, 2.05) is 24.3 Å². The monoisotopic (exact) mass is 188 g/mol. The summed E-state index contributed by atoms with van der Waals surface area (Å²) in [5, 5.41) is 3.80. The predicted octanol–water partition coefficient (Wildman–Crippen LogP) is 2.07. The molecule has 0 bridgehead atoms. The standard InChI is InChI=1S/C11H10NO2/c1-13-11-4-2-3-9(8-11)7-10-5-6-14-12-10/h2-4,6,8H,7H2,1H3. The molecule has 3 nitrogen and oxygen atoms in total. The van der Waals surface area contributed by atoms with Gasteiger partial charge in [0.15, 0.2) is 0 Å². The van der Waals surface area contributed by atoms with Crippen LogP contribution in [-0.2, 0) is 6.42 Å². The van der Waals surface area contributed by atoms with Gasteiger partial charge in [-0.05, 0) is 17.7 Å². The highest BCUT2D eigenvalue weighted by molar-refractivity contribution is 5.30. The van der Waals surface area contributed by atoms with Crippen LogP contribution in [0, 0.1) is 6.07 Å². The summed E-state index contributed by atoms with van der Waals surface area (Å²) in [6.45, 7) is 0. The first-order chi connectivity index (χ1) is 6.88. The van der Waals surface area contributed by atoms with Crippen molar-refractivity contribution in [3.63, 3.8) is 0 Å². The zero-order valence-electron chi connectivity index (χ0n) is 7.86. The molecule has 1 radical (unpaired) electrons. The molecule has 0 aliphatic carbocycles.